The topological polar surface area (TPSA) is 29.5 Å². The lowest BCUT2D eigenvalue weighted by atomic mass is 10.1. The van der Waals surface area contributed by atoms with Gasteiger partial charge in [0, 0.05) is 0 Å². The summed E-state index contributed by atoms with van der Waals surface area (Å²) in [5.74, 6) is 1.15. The van der Waals surface area contributed by atoms with Crippen molar-refractivity contribution in [2.45, 2.75) is 54.1 Å². The Morgan fingerprint density at radius 1 is 0.682 bits per heavy atom. The number of phenolic OH excluding ortho intramolecular Hbond substituents is 1. The van der Waals surface area contributed by atoms with Gasteiger partial charge in [-0.05, 0) is 56.2 Å². The highest BCUT2D eigenvalue weighted by Crippen LogP contribution is 2.25. The SMILES string of the molecule is CC.CC.CC(C)(C)Oc1ccc(-c2ccc(O)cc2)cc1. The van der Waals surface area contributed by atoms with Crippen molar-refractivity contribution in [1.29, 1.82) is 0 Å². The van der Waals surface area contributed by atoms with E-state index in [2.05, 4.69) is 0 Å². The van der Waals surface area contributed by atoms with Crippen molar-refractivity contribution in [3.05, 3.63) is 48.5 Å². The fraction of sp³-hybridized carbons (Fsp3) is 0.400. The molecule has 0 unspecified atom stereocenters. The molecule has 122 valence electrons. The second-order valence-corrected chi connectivity index (χ2v) is 5.29. The van der Waals surface area contributed by atoms with Crippen LogP contribution in [-0.2, 0) is 0 Å². The second kappa shape index (κ2) is 9.88. The summed E-state index contributed by atoms with van der Waals surface area (Å²) in [5, 5.41) is 9.26. The van der Waals surface area contributed by atoms with Gasteiger partial charge in [-0.1, -0.05) is 52.0 Å². The largest absolute Gasteiger partial charge is 0.508 e. The van der Waals surface area contributed by atoms with Gasteiger partial charge in [0.25, 0.3) is 0 Å². The Hall–Kier alpha value is -1.96. The first-order valence-electron chi connectivity index (χ1n) is 8.02. The maximum atomic E-state index is 9.26. The van der Waals surface area contributed by atoms with Gasteiger partial charge in [0.2, 0.25) is 0 Å². The molecule has 0 aliphatic rings. The first-order chi connectivity index (χ1) is 10.4. The van der Waals surface area contributed by atoms with Crippen LogP contribution in [0, 0.1) is 0 Å². The maximum absolute atomic E-state index is 9.26. The summed E-state index contributed by atoms with van der Waals surface area (Å²) in [6.07, 6.45) is 0. The van der Waals surface area contributed by atoms with Crippen molar-refractivity contribution < 1.29 is 9.84 Å². The van der Waals surface area contributed by atoms with Crippen LogP contribution in [0.1, 0.15) is 48.5 Å². The number of rotatable bonds is 2. The highest BCUT2D eigenvalue weighted by atomic mass is 16.5. The molecule has 1 N–H and O–H groups in total. The molecule has 0 aromatic heterocycles. The van der Waals surface area contributed by atoms with Crippen LogP contribution in [-0.4, -0.2) is 10.7 Å². The van der Waals surface area contributed by atoms with Crippen LogP contribution < -0.4 is 4.74 Å². The summed E-state index contributed by atoms with van der Waals surface area (Å²) >= 11 is 0. The lowest BCUT2D eigenvalue weighted by Crippen LogP contribution is -2.22. The Balaban J connectivity index is 0.00000102. The highest BCUT2D eigenvalue weighted by Gasteiger charge is 2.11. The molecule has 0 atom stereocenters. The summed E-state index contributed by atoms with van der Waals surface area (Å²) in [5.41, 5.74) is 2.01. The molecule has 0 amide bonds. The molecule has 0 spiro atoms. The van der Waals surface area contributed by atoms with Crippen LogP contribution >= 0.6 is 0 Å². The van der Waals surface area contributed by atoms with Gasteiger partial charge in [0.15, 0.2) is 0 Å². The number of hydrogen-bond acceptors (Lipinski definition) is 2. The van der Waals surface area contributed by atoms with Crippen LogP contribution in [0.3, 0.4) is 0 Å². The van der Waals surface area contributed by atoms with E-state index in [1.54, 1.807) is 12.1 Å². The van der Waals surface area contributed by atoms with Gasteiger partial charge in [0.05, 0.1) is 0 Å². The van der Waals surface area contributed by atoms with Crippen LogP contribution in [0.5, 0.6) is 11.5 Å². The number of phenols is 1. The molecule has 0 bridgehead atoms. The lowest BCUT2D eigenvalue weighted by molar-refractivity contribution is 0.131. The van der Waals surface area contributed by atoms with E-state index in [0.717, 1.165) is 16.9 Å². The molecule has 0 aliphatic heterocycles. The minimum absolute atomic E-state index is 0.181. The van der Waals surface area contributed by atoms with Crippen LogP contribution in [0.2, 0.25) is 0 Å². The molecule has 2 rings (SSSR count). The molecule has 0 heterocycles. The molecule has 2 heteroatoms. The maximum Gasteiger partial charge on any atom is 0.120 e. The summed E-state index contributed by atoms with van der Waals surface area (Å²) in [7, 11) is 0. The summed E-state index contributed by atoms with van der Waals surface area (Å²) < 4.78 is 5.77. The molecule has 0 fully saturated rings. The number of ether oxygens (including phenoxy) is 1. The lowest BCUT2D eigenvalue weighted by Gasteiger charge is -2.21. The van der Waals surface area contributed by atoms with Crippen molar-refractivity contribution in [3.63, 3.8) is 0 Å². The first kappa shape index (κ1) is 20.0. The molecular formula is C20H30O2. The zero-order valence-electron chi connectivity index (χ0n) is 15.0. The average Bonchev–Trinajstić information content (AvgIpc) is 2.51. The van der Waals surface area contributed by atoms with Gasteiger partial charge < -0.3 is 9.84 Å². The predicted octanol–water partition coefficient (Wildman–Crippen LogP) is 6.29. The van der Waals surface area contributed by atoms with E-state index in [0.29, 0.717) is 0 Å². The number of aromatic hydroxyl groups is 1. The van der Waals surface area contributed by atoms with Crippen LogP contribution in [0.25, 0.3) is 11.1 Å². The molecule has 0 aliphatic carbocycles. The van der Waals surface area contributed by atoms with Crippen LogP contribution in [0.4, 0.5) is 0 Å². The minimum atomic E-state index is -0.181. The summed E-state index contributed by atoms with van der Waals surface area (Å²) in [6.45, 7) is 14.1. The fourth-order valence-electron chi connectivity index (χ4n) is 1.72. The Morgan fingerprint density at radius 2 is 1.05 bits per heavy atom. The van der Waals surface area contributed by atoms with E-state index in [4.69, 9.17) is 4.74 Å². The van der Waals surface area contributed by atoms with Gasteiger partial charge in [-0.15, -0.1) is 0 Å². The normalized spacial score (nSPS) is 9.77. The predicted molar refractivity (Wildman–Crippen MR) is 96.6 cm³/mol. The Labute approximate surface area is 135 Å². The number of benzene rings is 2. The van der Waals surface area contributed by atoms with E-state index in [-0.39, 0.29) is 11.4 Å². The molecule has 22 heavy (non-hydrogen) atoms. The van der Waals surface area contributed by atoms with Crippen molar-refractivity contribution in [1.82, 2.24) is 0 Å². The first-order valence-corrected chi connectivity index (χ1v) is 8.02. The molecule has 0 saturated heterocycles. The molecule has 2 aromatic rings. The third-order valence-electron chi connectivity index (χ3n) is 2.48. The van der Waals surface area contributed by atoms with Gasteiger partial charge in [-0.25, -0.2) is 0 Å². The van der Waals surface area contributed by atoms with E-state index in [1.165, 1.54) is 0 Å². The Kier molecular flexibility index (Phi) is 9.00. The zero-order chi connectivity index (χ0) is 17.2. The van der Waals surface area contributed by atoms with E-state index >= 15 is 0 Å². The molecule has 0 radical (unpaired) electrons. The van der Waals surface area contributed by atoms with Crippen LogP contribution in [0.15, 0.2) is 48.5 Å². The van der Waals surface area contributed by atoms with Crippen molar-refractivity contribution in [3.8, 4) is 22.6 Å². The quantitative estimate of drug-likeness (QED) is 0.706. The van der Waals surface area contributed by atoms with E-state index in [9.17, 15) is 5.11 Å². The van der Waals surface area contributed by atoms with Crippen molar-refractivity contribution in [2.24, 2.45) is 0 Å². The smallest absolute Gasteiger partial charge is 0.120 e. The molecule has 2 aromatic carbocycles. The molecule has 2 nitrogen and oxygen atoms in total. The number of hydrogen-bond donors (Lipinski definition) is 1. The fourth-order valence-corrected chi connectivity index (χ4v) is 1.72. The van der Waals surface area contributed by atoms with Gasteiger partial charge in [-0.2, -0.15) is 0 Å². The van der Waals surface area contributed by atoms with Gasteiger partial charge >= 0.3 is 0 Å². The molecular weight excluding hydrogens is 272 g/mol. The van der Waals surface area contributed by atoms with E-state index in [1.807, 2.05) is 84.9 Å². The summed E-state index contributed by atoms with van der Waals surface area (Å²) in [4.78, 5) is 0. The van der Waals surface area contributed by atoms with Gasteiger partial charge in [0.1, 0.15) is 17.1 Å². The second-order valence-electron chi connectivity index (χ2n) is 5.29. The van der Waals surface area contributed by atoms with Crippen molar-refractivity contribution >= 4 is 0 Å². The summed E-state index contributed by atoms with van der Waals surface area (Å²) in [6, 6.07) is 15.1. The zero-order valence-corrected chi connectivity index (χ0v) is 15.0. The Morgan fingerprint density at radius 3 is 1.41 bits per heavy atom. The van der Waals surface area contributed by atoms with E-state index < -0.39 is 0 Å². The molecule has 0 saturated carbocycles. The average molecular weight is 302 g/mol. The highest BCUT2D eigenvalue weighted by molar-refractivity contribution is 5.64. The third kappa shape index (κ3) is 7.16. The standard InChI is InChI=1S/C16H18O2.2C2H6/c1-16(2,3)18-15-10-6-13(7-11-15)12-4-8-14(17)9-5-12;2*1-2/h4-11,17H,1-3H3;2*1-2H3. The van der Waals surface area contributed by atoms with Gasteiger partial charge in [-0.3, -0.25) is 0 Å². The third-order valence-corrected chi connectivity index (χ3v) is 2.48. The van der Waals surface area contributed by atoms with Crippen molar-refractivity contribution in [2.75, 3.05) is 0 Å². The monoisotopic (exact) mass is 302 g/mol. The minimum Gasteiger partial charge on any atom is -0.508 e. The Bertz CT molecular complexity index is 505.